The summed E-state index contributed by atoms with van der Waals surface area (Å²) in [5, 5.41) is 0. The Balaban J connectivity index is 0.00000242. The minimum atomic E-state index is -0.0742. The van der Waals surface area contributed by atoms with Gasteiger partial charge in [0.1, 0.15) is 0 Å². The highest BCUT2D eigenvalue weighted by atomic mass is 35.5. The van der Waals surface area contributed by atoms with Crippen molar-refractivity contribution in [2.24, 2.45) is 0 Å². The fourth-order valence-corrected chi connectivity index (χ4v) is 3.14. The molecule has 0 saturated carbocycles. The zero-order valence-electron chi connectivity index (χ0n) is 14.1. The molecule has 1 aromatic carbocycles. The molecule has 0 unspecified atom stereocenters. The number of likely N-dealkylation sites (N-methyl/N-ethyl adjacent to an activating group) is 1. The van der Waals surface area contributed by atoms with Gasteiger partial charge in [-0.2, -0.15) is 0 Å². The maximum absolute atomic E-state index is 12.5. The lowest BCUT2D eigenvalue weighted by Crippen LogP contribution is -2.58. The molecule has 0 aliphatic carbocycles. The third-order valence-electron chi connectivity index (χ3n) is 4.67. The lowest BCUT2D eigenvalue weighted by molar-refractivity contribution is 0.0592. The normalized spacial score (nSPS) is 17.5. The molecule has 1 saturated heterocycles. The Bertz CT molecular complexity index is 470. The van der Waals surface area contributed by atoms with Crippen LogP contribution in [-0.4, -0.2) is 67.5 Å². The van der Waals surface area contributed by atoms with Crippen LogP contribution in [0.15, 0.2) is 30.3 Å². The van der Waals surface area contributed by atoms with Crippen molar-refractivity contribution in [3.8, 4) is 0 Å². The van der Waals surface area contributed by atoms with Gasteiger partial charge in [0.15, 0.2) is 0 Å². The monoisotopic (exact) mass is 325 g/mol. The predicted molar refractivity (Wildman–Crippen MR) is 93.7 cm³/mol. The summed E-state index contributed by atoms with van der Waals surface area (Å²) in [6.45, 7) is 2.08. The highest BCUT2D eigenvalue weighted by Crippen LogP contribution is 2.32. The van der Waals surface area contributed by atoms with Crippen LogP contribution in [0, 0.1) is 0 Å². The predicted octanol–water partition coefficient (Wildman–Crippen LogP) is 2.73. The fraction of sp³-hybridized carbons (Fsp3) is 0.588. The summed E-state index contributed by atoms with van der Waals surface area (Å²) in [7, 11) is 7.75. The van der Waals surface area contributed by atoms with Gasteiger partial charge in [0.25, 0.3) is 0 Å². The quantitative estimate of drug-likeness (QED) is 0.854. The molecule has 5 heteroatoms. The first kappa shape index (κ1) is 18.8. The molecule has 0 bridgehead atoms. The molecule has 2 amide bonds. The lowest BCUT2D eigenvalue weighted by Gasteiger charge is -2.47. The number of hydrogen-bond donors (Lipinski definition) is 0. The minimum Gasteiger partial charge on any atom is -0.331 e. The Labute approximate surface area is 140 Å². The smallest absolute Gasteiger partial charge is 0.319 e. The first-order chi connectivity index (χ1) is 9.94. The number of amides is 2. The van der Waals surface area contributed by atoms with Gasteiger partial charge in [-0.15, -0.1) is 12.4 Å². The van der Waals surface area contributed by atoms with Crippen LogP contribution in [0.5, 0.6) is 0 Å². The van der Waals surface area contributed by atoms with E-state index in [2.05, 4.69) is 36.2 Å². The number of carbonyl (C=O) groups is 1. The van der Waals surface area contributed by atoms with E-state index in [0.717, 1.165) is 32.4 Å². The van der Waals surface area contributed by atoms with Gasteiger partial charge in [0.05, 0.1) is 5.54 Å². The molecule has 1 aliphatic heterocycles. The van der Waals surface area contributed by atoms with Crippen LogP contribution in [0.25, 0.3) is 0 Å². The van der Waals surface area contributed by atoms with Crippen LogP contribution in [0.4, 0.5) is 4.79 Å². The van der Waals surface area contributed by atoms with Gasteiger partial charge in [-0.05, 0) is 31.9 Å². The van der Waals surface area contributed by atoms with Crippen LogP contribution >= 0.6 is 12.4 Å². The van der Waals surface area contributed by atoms with E-state index in [1.54, 1.807) is 4.90 Å². The summed E-state index contributed by atoms with van der Waals surface area (Å²) < 4.78 is 0. The van der Waals surface area contributed by atoms with Crippen molar-refractivity contribution in [2.45, 2.75) is 24.8 Å². The summed E-state index contributed by atoms with van der Waals surface area (Å²) in [4.78, 5) is 18.4. The maximum atomic E-state index is 12.5. The summed E-state index contributed by atoms with van der Waals surface area (Å²) in [5.41, 5.74) is 1.23. The minimum absolute atomic E-state index is 0. The number of halogens is 1. The zero-order valence-corrected chi connectivity index (χ0v) is 14.9. The molecule has 4 nitrogen and oxygen atoms in total. The van der Waals surface area contributed by atoms with Crippen molar-refractivity contribution >= 4 is 18.4 Å². The topological polar surface area (TPSA) is 26.8 Å². The number of carbonyl (C=O) groups excluding carboxylic acids is 1. The van der Waals surface area contributed by atoms with E-state index in [0.29, 0.717) is 0 Å². The molecule has 124 valence electrons. The molecule has 2 rings (SSSR count). The molecule has 0 spiro atoms. The summed E-state index contributed by atoms with van der Waals surface area (Å²) >= 11 is 0. The second kappa shape index (κ2) is 7.84. The molecule has 0 atom stereocenters. The number of nitrogens with zero attached hydrogens (tertiary/aromatic N) is 3. The van der Waals surface area contributed by atoms with E-state index >= 15 is 0 Å². The van der Waals surface area contributed by atoms with E-state index in [1.165, 1.54) is 5.56 Å². The van der Waals surface area contributed by atoms with E-state index in [9.17, 15) is 4.79 Å². The largest absolute Gasteiger partial charge is 0.331 e. The number of likely N-dealkylation sites (tertiary alicyclic amines) is 1. The van der Waals surface area contributed by atoms with Gasteiger partial charge in [-0.25, -0.2) is 4.79 Å². The number of rotatable bonds is 3. The van der Waals surface area contributed by atoms with E-state index in [4.69, 9.17) is 0 Å². The third-order valence-corrected chi connectivity index (χ3v) is 4.67. The van der Waals surface area contributed by atoms with Crippen molar-refractivity contribution in [1.82, 2.24) is 14.7 Å². The first-order valence-corrected chi connectivity index (χ1v) is 7.62. The van der Waals surface area contributed by atoms with Crippen LogP contribution in [0.2, 0.25) is 0 Å². The van der Waals surface area contributed by atoms with Gasteiger partial charge in [-0.1, -0.05) is 30.3 Å². The molecule has 1 aliphatic rings. The van der Waals surface area contributed by atoms with Crippen LogP contribution in [-0.2, 0) is 6.42 Å². The van der Waals surface area contributed by atoms with Gasteiger partial charge in [0, 0.05) is 34.2 Å². The molecule has 22 heavy (non-hydrogen) atoms. The molecule has 0 radical (unpaired) electrons. The summed E-state index contributed by atoms with van der Waals surface area (Å²) in [5.74, 6) is 0. The Hall–Kier alpha value is -1.26. The third kappa shape index (κ3) is 4.14. The van der Waals surface area contributed by atoms with Crippen molar-refractivity contribution < 1.29 is 4.79 Å². The molecular weight excluding hydrogens is 298 g/mol. The van der Waals surface area contributed by atoms with Crippen molar-refractivity contribution in [2.75, 3.05) is 41.3 Å². The Morgan fingerprint density at radius 1 is 1.14 bits per heavy atom. The van der Waals surface area contributed by atoms with E-state index in [1.807, 2.05) is 32.1 Å². The number of benzene rings is 1. The molecule has 1 fully saturated rings. The zero-order chi connectivity index (χ0) is 15.5. The Morgan fingerprint density at radius 2 is 1.68 bits per heavy atom. The molecule has 0 aromatic heterocycles. The van der Waals surface area contributed by atoms with Crippen LogP contribution < -0.4 is 0 Å². The fourth-order valence-electron chi connectivity index (χ4n) is 3.14. The molecule has 0 N–H and O–H groups in total. The summed E-state index contributed by atoms with van der Waals surface area (Å²) in [6, 6.07) is 10.6. The first-order valence-electron chi connectivity index (χ1n) is 7.62. The SMILES string of the molecule is CN1CCC(Cc2ccccc2)(N(C)C(=O)N(C)C)CC1.Cl. The number of urea groups is 1. The van der Waals surface area contributed by atoms with Crippen molar-refractivity contribution in [1.29, 1.82) is 0 Å². The standard InChI is InChI=1S/C17H27N3O.ClH/c1-18(2)16(21)20(4)17(10-12-19(3)13-11-17)14-15-8-6-5-7-9-15;/h5-9H,10-14H2,1-4H3;1H. The molecular formula is C17H28ClN3O. The maximum Gasteiger partial charge on any atom is 0.319 e. The second-order valence-corrected chi connectivity index (χ2v) is 6.43. The summed E-state index contributed by atoms with van der Waals surface area (Å²) in [6.07, 6.45) is 2.97. The number of piperidine rings is 1. The highest BCUT2D eigenvalue weighted by molar-refractivity contribution is 5.85. The average Bonchev–Trinajstić information content (AvgIpc) is 2.49. The van der Waals surface area contributed by atoms with Gasteiger partial charge in [-0.3, -0.25) is 0 Å². The van der Waals surface area contributed by atoms with Gasteiger partial charge >= 0.3 is 6.03 Å². The van der Waals surface area contributed by atoms with E-state index < -0.39 is 0 Å². The van der Waals surface area contributed by atoms with Crippen LogP contribution in [0.3, 0.4) is 0 Å². The Kier molecular flexibility index (Phi) is 6.69. The lowest BCUT2D eigenvalue weighted by atomic mass is 9.80. The molecule has 1 heterocycles. The molecule has 1 aromatic rings. The van der Waals surface area contributed by atoms with Crippen molar-refractivity contribution in [3.63, 3.8) is 0 Å². The number of hydrogen-bond acceptors (Lipinski definition) is 2. The Morgan fingerprint density at radius 3 is 2.18 bits per heavy atom. The van der Waals surface area contributed by atoms with Gasteiger partial charge in [0.2, 0.25) is 0 Å². The van der Waals surface area contributed by atoms with Gasteiger partial charge < -0.3 is 14.7 Å². The average molecular weight is 326 g/mol. The van der Waals surface area contributed by atoms with Crippen molar-refractivity contribution in [3.05, 3.63) is 35.9 Å². The van der Waals surface area contributed by atoms with Crippen LogP contribution in [0.1, 0.15) is 18.4 Å². The second-order valence-electron chi connectivity index (χ2n) is 6.43. The highest BCUT2D eigenvalue weighted by Gasteiger charge is 2.40. The van der Waals surface area contributed by atoms with E-state index in [-0.39, 0.29) is 24.0 Å².